The quantitative estimate of drug-likeness (QED) is 0.771. The van der Waals surface area contributed by atoms with E-state index >= 15 is 0 Å². The normalized spacial score (nSPS) is 23.7. The Balaban J connectivity index is 2.06. The molecule has 1 saturated heterocycles. The van der Waals surface area contributed by atoms with Gasteiger partial charge in [0.15, 0.2) is 8.32 Å². The van der Waals surface area contributed by atoms with E-state index in [0.717, 1.165) is 17.2 Å². The zero-order valence-electron chi connectivity index (χ0n) is 14.0. The minimum Gasteiger partial charge on any atom is -0.438 e. The zero-order chi connectivity index (χ0) is 16.3. The lowest BCUT2D eigenvalue weighted by atomic mass is 9.97. The summed E-state index contributed by atoms with van der Waals surface area (Å²) in [6, 6.07) is 21.4. The molecule has 0 aromatic heterocycles. The minimum absolute atomic E-state index is 0.643. The van der Waals surface area contributed by atoms with E-state index in [4.69, 9.17) is 13.3 Å². The second-order valence-electron chi connectivity index (χ2n) is 6.51. The van der Waals surface area contributed by atoms with Crippen molar-refractivity contribution >= 4 is 17.6 Å². The van der Waals surface area contributed by atoms with Crippen LogP contribution in [-0.4, -0.2) is 24.2 Å². The molecular weight excluding hydrogens is 320 g/mol. The molecule has 0 saturated carbocycles. The Labute approximate surface area is 141 Å². The van der Waals surface area contributed by atoms with Crippen molar-refractivity contribution in [3.63, 3.8) is 0 Å². The molecule has 1 fully saturated rings. The van der Waals surface area contributed by atoms with Gasteiger partial charge in [0.25, 0.3) is 0 Å². The van der Waals surface area contributed by atoms with E-state index in [1.807, 2.05) is 36.4 Å². The van der Waals surface area contributed by atoms with Gasteiger partial charge in [-0.1, -0.05) is 60.7 Å². The van der Waals surface area contributed by atoms with Gasteiger partial charge in [0.1, 0.15) is 0 Å². The lowest BCUT2D eigenvalue weighted by Crippen LogP contribution is -2.48. The second-order valence-corrected chi connectivity index (χ2v) is 12.8. The van der Waals surface area contributed by atoms with Gasteiger partial charge in [-0.15, -0.1) is 0 Å². The summed E-state index contributed by atoms with van der Waals surface area (Å²) in [7, 11) is -3.51. The number of hydrogen-bond acceptors (Lipinski definition) is 3. The molecule has 1 atom stereocenters. The fourth-order valence-electron chi connectivity index (χ4n) is 3.03. The summed E-state index contributed by atoms with van der Waals surface area (Å²) in [5, 5.41) is 0. The highest BCUT2D eigenvalue weighted by Gasteiger charge is 2.42. The Kier molecular flexibility index (Phi) is 4.84. The van der Waals surface area contributed by atoms with Gasteiger partial charge in [0.05, 0.1) is 6.61 Å². The van der Waals surface area contributed by atoms with Crippen LogP contribution in [0.3, 0.4) is 0 Å². The Hall–Kier alpha value is -1.25. The maximum absolute atomic E-state index is 6.52. The van der Waals surface area contributed by atoms with Gasteiger partial charge in [-0.25, -0.2) is 0 Å². The zero-order valence-corrected chi connectivity index (χ0v) is 16.1. The monoisotopic (exact) mass is 344 g/mol. The number of ether oxygens (including phenoxy) is 1. The Morgan fingerprint density at radius 1 is 0.913 bits per heavy atom. The molecule has 0 spiro atoms. The first-order valence-corrected chi connectivity index (χ1v) is 13.3. The first-order valence-electron chi connectivity index (χ1n) is 8.12. The van der Waals surface area contributed by atoms with Gasteiger partial charge in [0.2, 0.25) is 5.79 Å². The Morgan fingerprint density at radius 3 is 1.96 bits per heavy atom. The van der Waals surface area contributed by atoms with Crippen LogP contribution < -0.4 is 0 Å². The molecule has 0 N–H and O–H groups in total. The third-order valence-corrected chi connectivity index (χ3v) is 10.1. The minimum atomic E-state index is -1.82. The maximum atomic E-state index is 6.52. The SMILES string of the molecule is C[SiH]1OC(c2ccccc2)(c2ccccc2)OCC[Si](C)(C)O1. The maximum Gasteiger partial charge on any atom is 0.311 e. The van der Waals surface area contributed by atoms with E-state index in [9.17, 15) is 0 Å². The van der Waals surface area contributed by atoms with Gasteiger partial charge >= 0.3 is 9.28 Å². The van der Waals surface area contributed by atoms with Crippen molar-refractivity contribution in [3.05, 3.63) is 71.8 Å². The molecule has 5 heteroatoms. The van der Waals surface area contributed by atoms with Gasteiger partial charge in [0, 0.05) is 11.1 Å². The van der Waals surface area contributed by atoms with E-state index in [-0.39, 0.29) is 0 Å². The van der Waals surface area contributed by atoms with Crippen molar-refractivity contribution < 1.29 is 13.3 Å². The van der Waals surface area contributed by atoms with Crippen LogP contribution >= 0.6 is 0 Å². The van der Waals surface area contributed by atoms with Crippen LogP contribution in [0.15, 0.2) is 60.7 Å². The van der Waals surface area contributed by atoms with Gasteiger partial charge in [-0.05, 0) is 25.7 Å². The smallest absolute Gasteiger partial charge is 0.311 e. The summed E-state index contributed by atoms with van der Waals surface area (Å²) in [5.41, 5.74) is 2.05. The summed E-state index contributed by atoms with van der Waals surface area (Å²) in [4.78, 5) is 0. The van der Waals surface area contributed by atoms with Crippen LogP contribution in [-0.2, 0) is 19.1 Å². The van der Waals surface area contributed by atoms with Crippen molar-refractivity contribution in [2.75, 3.05) is 6.61 Å². The summed E-state index contributed by atoms with van der Waals surface area (Å²) in [5.74, 6) is -0.862. The predicted molar refractivity (Wildman–Crippen MR) is 97.1 cm³/mol. The van der Waals surface area contributed by atoms with Gasteiger partial charge < -0.3 is 13.3 Å². The molecule has 23 heavy (non-hydrogen) atoms. The molecule has 3 rings (SSSR count). The van der Waals surface area contributed by atoms with Crippen molar-refractivity contribution in [2.45, 2.75) is 31.5 Å². The molecular formula is C18H24O3Si2. The molecule has 2 aromatic carbocycles. The molecule has 1 heterocycles. The second kappa shape index (κ2) is 6.70. The van der Waals surface area contributed by atoms with Crippen LogP contribution in [0.1, 0.15) is 11.1 Å². The fraction of sp³-hybridized carbons (Fsp3) is 0.333. The molecule has 0 aliphatic carbocycles. The van der Waals surface area contributed by atoms with Crippen molar-refractivity contribution in [1.29, 1.82) is 0 Å². The largest absolute Gasteiger partial charge is 0.438 e. The Bertz CT molecular complexity index is 592. The molecule has 3 nitrogen and oxygen atoms in total. The van der Waals surface area contributed by atoms with E-state index < -0.39 is 23.4 Å². The van der Waals surface area contributed by atoms with Crippen molar-refractivity contribution in [1.82, 2.24) is 0 Å². The van der Waals surface area contributed by atoms with E-state index in [1.165, 1.54) is 0 Å². The van der Waals surface area contributed by atoms with Crippen LogP contribution in [0.5, 0.6) is 0 Å². The third-order valence-electron chi connectivity index (χ3n) is 4.13. The standard InChI is InChI=1S/C18H24O3Si2/c1-22-20-18(16-10-6-4-7-11-16,17-12-8-5-9-13-17)19-14-15-23(2,3)21-22/h4-13,22H,14-15H2,1-3H3. The van der Waals surface area contributed by atoms with Crippen LogP contribution in [0.25, 0.3) is 0 Å². The number of hydrogen-bond donors (Lipinski definition) is 0. The van der Waals surface area contributed by atoms with Crippen LogP contribution in [0, 0.1) is 0 Å². The number of benzene rings is 2. The molecule has 0 amide bonds. The molecule has 2 aromatic rings. The summed E-state index contributed by atoms with van der Waals surface area (Å²) < 4.78 is 19.3. The fourth-order valence-corrected chi connectivity index (χ4v) is 8.68. The van der Waals surface area contributed by atoms with E-state index in [1.54, 1.807) is 0 Å². The van der Waals surface area contributed by atoms with Crippen molar-refractivity contribution in [3.8, 4) is 0 Å². The molecule has 0 radical (unpaired) electrons. The Morgan fingerprint density at radius 2 is 1.43 bits per heavy atom. The highest BCUT2D eigenvalue weighted by atomic mass is 28.4. The summed E-state index contributed by atoms with van der Waals surface area (Å²) in [6.07, 6.45) is 0. The first-order chi connectivity index (χ1) is 11.0. The van der Waals surface area contributed by atoms with E-state index in [0.29, 0.717) is 6.61 Å². The highest BCUT2D eigenvalue weighted by molar-refractivity contribution is 6.77. The topological polar surface area (TPSA) is 27.7 Å². The predicted octanol–water partition coefficient (Wildman–Crippen LogP) is 4.01. The molecule has 0 bridgehead atoms. The third kappa shape index (κ3) is 3.64. The van der Waals surface area contributed by atoms with Crippen LogP contribution in [0.2, 0.25) is 25.7 Å². The van der Waals surface area contributed by atoms with Crippen LogP contribution in [0.4, 0.5) is 0 Å². The average Bonchev–Trinajstić information content (AvgIpc) is 2.53. The summed E-state index contributed by atoms with van der Waals surface area (Å²) >= 11 is 0. The lowest BCUT2D eigenvalue weighted by molar-refractivity contribution is -0.169. The summed E-state index contributed by atoms with van der Waals surface area (Å²) in [6.45, 7) is 7.22. The van der Waals surface area contributed by atoms with Crippen molar-refractivity contribution in [2.24, 2.45) is 0 Å². The average molecular weight is 345 g/mol. The first kappa shape index (κ1) is 16.6. The molecule has 122 valence electrons. The highest BCUT2D eigenvalue weighted by Crippen LogP contribution is 2.38. The van der Waals surface area contributed by atoms with Gasteiger partial charge in [-0.3, -0.25) is 0 Å². The molecule has 1 unspecified atom stereocenters. The molecule has 1 aliphatic heterocycles. The van der Waals surface area contributed by atoms with E-state index in [2.05, 4.69) is 43.9 Å². The number of rotatable bonds is 2. The lowest BCUT2D eigenvalue weighted by Gasteiger charge is -2.41. The molecule has 1 aliphatic rings. The van der Waals surface area contributed by atoms with Gasteiger partial charge in [-0.2, -0.15) is 0 Å².